The Morgan fingerprint density at radius 1 is 1.21 bits per heavy atom. The zero-order valence-electron chi connectivity index (χ0n) is 11.5. The van der Waals surface area contributed by atoms with Crippen molar-refractivity contribution in [1.29, 1.82) is 0 Å². The van der Waals surface area contributed by atoms with Crippen LogP contribution in [0.1, 0.15) is 20.3 Å². The van der Waals surface area contributed by atoms with Crippen LogP contribution in [-0.2, 0) is 4.79 Å². The molecule has 7 heteroatoms. The molecule has 1 aliphatic rings. The van der Waals surface area contributed by atoms with Crippen LogP contribution >= 0.6 is 0 Å². The molecule has 0 radical (unpaired) electrons. The Morgan fingerprint density at radius 2 is 1.79 bits per heavy atom. The van der Waals surface area contributed by atoms with Gasteiger partial charge in [0.05, 0.1) is 6.54 Å². The van der Waals surface area contributed by atoms with Crippen molar-refractivity contribution in [3.63, 3.8) is 0 Å². The maximum Gasteiger partial charge on any atom is 0.401 e. The summed E-state index contributed by atoms with van der Waals surface area (Å²) in [6.07, 6.45) is -3.76. The lowest BCUT2D eigenvalue weighted by Gasteiger charge is -2.35. The van der Waals surface area contributed by atoms with Crippen molar-refractivity contribution in [2.45, 2.75) is 32.5 Å². The van der Waals surface area contributed by atoms with E-state index in [9.17, 15) is 18.0 Å². The molecule has 19 heavy (non-hydrogen) atoms. The van der Waals surface area contributed by atoms with Gasteiger partial charge in [0.15, 0.2) is 0 Å². The summed E-state index contributed by atoms with van der Waals surface area (Å²) in [5.41, 5.74) is 0. The van der Waals surface area contributed by atoms with Crippen LogP contribution < -0.4 is 5.32 Å². The van der Waals surface area contributed by atoms with Gasteiger partial charge in [0.1, 0.15) is 0 Å². The largest absolute Gasteiger partial charge is 0.401 e. The molecule has 0 aromatic rings. The smallest absolute Gasteiger partial charge is 0.340 e. The first kappa shape index (κ1) is 16.2. The highest BCUT2D eigenvalue weighted by molar-refractivity contribution is 5.76. The Morgan fingerprint density at radius 3 is 2.26 bits per heavy atom. The van der Waals surface area contributed by atoms with Gasteiger partial charge >= 0.3 is 6.18 Å². The van der Waals surface area contributed by atoms with E-state index in [4.69, 9.17) is 0 Å². The minimum atomic E-state index is -4.16. The van der Waals surface area contributed by atoms with Crippen molar-refractivity contribution >= 4 is 5.91 Å². The maximum absolute atomic E-state index is 12.2. The van der Waals surface area contributed by atoms with Crippen molar-refractivity contribution in [2.75, 3.05) is 39.3 Å². The van der Waals surface area contributed by atoms with Gasteiger partial charge < -0.3 is 10.2 Å². The van der Waals surface area contributed by atoms with E-state index < -0.39 is 12.7 Å². The fraction of sp³-hybridized carbons (Fsp3) is 0.917. The van der Waals surface area contributed by atoms with Gasteiger partial charge in [-0.1, -0.05) is 13.8 Å². The molecule has 1 N–H and O–H groups in total. The maximum atomic E-state index is 12.2. The van der Waals surface area contributed by atoms with Crippen LogP contribution in [0.15, 0.2) is 0 Å². The SMILES string of the molecule is CC(C)NCCC(=O)N1CCN(CC(F)(F)F)CC1. The van der Waals surface area contributed by atoms with Crippen LogP contribution in [0, 0.1) is 0 Å². The summed E-state index contributed by atoms with van der Waals surface area (Å²) < 4.78 is 36.6. The number of carbonyl (C=O) groups excluding carboxylic acids is 1. The highest BCUT2D eigenvalue weighted by Crippen LogP contribution is 2.17. The number of rotatable bonds is 5. The molecular formula is C12H22F3N3O. The fourth-order valence-electron chi connectivity index (χ4n) is 2.03. The molecule has 1 amide bonds. The molecule has 1 fully saturated rings. The van der Waals surface area contributed by atoms with Gasteiger partial charge in [0, 0.05) is 45.2 Å². The first-order valence-electron chi connectivity index (χ1n) is 6.58. The molecule has 4 nitrogen and oxygen atoms in total. The fourth-order valence-corrected chi connectivity index (χ4v) is 2.03. The van der Waals surface area contributed by atoms with Crippen LogP contribution in [0.25, 0.3) is 0 Å². The summed E-state index contributed by atoms with van der Waals surface area (Å²) >= 11 is 0. The van der Waals surface area contributed by atoms with Gasteiger partial charge in [-0.05, 0) is 0 Å². The lowest BCUT2D eigenvalue weighted by Crippen LogP contribution is -2.51. The quantitative estimate of drug-likeness (QED) is 0.819. The van der Waals surface area contributed by atoms with Crippen LogP contribution in [0.3, 0.4) is 0 Å². The van der Waals surface area contributed by atoms with Gasteiger partial charge in [0.2, 0.25) is 5.91 Å². The molecule has 0 aromatic carbocycles. The van der Waals surface area contributed by atoms with E-state index in [0.717, 1.165) is 0 Å². The number of hydrogen-bond donors (Lipinski definition) is 1. The van der Waals surface area contributed by atoms with Crippen LogP contribution in [0.4, 0.5) is 13.2 Å². The molecule has 0 bridgehead atoms. The summed E-state index contributed by atoms with van der Waals surface area (Å²) in [4.78, 5) is 14.8. The number of alkyl halides is 3. The van der Waals surface area contributed by atoms with E-state index in [2.05, 4.69) is 5.32 Å². The van der Waals surface area contributed by atoms with Crippen molar-refractivity contribution < 1.29 is 18.0 Å². The second kappa shape index (κ2) is 7.09. The molecule has 0 saturated carbocycles. The minimum absolute atomic E-state index is 0.0137. The number of nitrogens with zero attached hydrogens (tertiary/aromatic N) is 2. The first-order valence-corrected chi connectivity index (χ1v) is 6.58. The second-order valence-electron chi connectivity index (χ2n) is 5.13. The number of hydrogen-bond acceptors (Lipinski definition) is 3. The normalized spacial score (nSPS) is 18.1. The topological polar surface area (TPSA) is 35.6 Å². The van der Waals surface area contributed by atoms with E-state index in [1.165, 1.54) is 4.90 Å². The molecule has 1 aliphatic heterocycles. The Bertz CT molecular complexity index is 286. The first-order chi connectivity index (χ1) is 8.78. The van der Waals surface area contributed by atoms with Crippen molar-refractivity contribution in [3.8, 4) is 0 Å². The monoisotopic (exact) mass is 281 g/mol. The number of carbonyl (C=O) groups is 1. The second-order valence-corrected chi connectivity index (χ2v) is 5.13. The number of halogens is 3. The third-order valence-electron chi connectivity index (χ3n) is 3.02. The summed E-state index contributed by atoms with van der Waals surface area (Å²) in [6.45, 7) is 5.09. The predicted molar refractivity (Wildman–Crippen MR) is 66.8 cm³/mol. The van der Waals surface area contributed by atoms with E-state index >= 15 is 0 Å². The molecule has 1 saturated heterocycles. The van der Waals surface area contributed by atoms with Crippen LogP contribution in [0.2, 0.25) is 0 Å². The van der Waals surface area contributed by atoms with E-state index in [1.54, 1.807) is 4.90 Å². The van der Waals surface area contributed by atoms with Crippen LogP contribution in [-0.4, -0.2) is 67.2 Å². The predicted octanol–water partition coefficient (Wildman–Crippen LogP) is 1.08. The summed E-state index contributed by atoms with van der Waals surface area (Å²) in [5, 5.41) is 3.15. The van der Waals surface area contributed by atoms with Gasteiger partial charge in [0.25, 0.3) is 0 Å². The number of nitrogens with one attached hydrogen (secondary N) is 1. The lowest BCUT2D eigenvalue weighted by molar-refractivity contribution is -0.151. The molecule has 1 rings (SSSR count). The molecular weight excluding hydrogens is 259 g/mol. The molecule has 0 spiro atoms. The molecule has 0 aliphatic carbocycles. The molecule has 0 aromatic heterocycles. The van der Waals surface area contributed by atoms with Crippen molar-refractivity contribution in [2.24, 2.45) is 0 Å². The standard InChI is InChI=1S/C12H22F3N3O/c1-10(2)16-4-3-11(19)18-7-5-17(6-8-18)9-12(13,14)15/h10,16H,3-9H2,1-2H3. The Labute approximate surface area is 111 Å². The van der Waals surface area contributed by atoms with Gasteiger partial charge in [-0.3, -0.25) is 9.69 Å². The molecule has 0 unspecified atom stereocenters. The van der Waals surface area contributed by atoms with Crippen LogP contribution in [0.5, 0.6) is 0 Å². The summed E-state index contributed by atoms with van der Waals surface area (Å²) in [7, 11) is 0. The average molecular weight is 281 g/mol. The number of piperazine rings is 1. The van der Waals surface area contributed by atoms with Gasteiger partial charge in [-0.25, -0.2) is 0 Å². The van der Waals surface area contributed by atoms with E-state index in [1.807, 2.05) is 13.8 Å². The third kappa shape index (κ3) is 6.77. The highest BCUT2D eigenvalue weighted by atomic mass is 19.4. The van der Waals surface area contributed by atoms with E-state index in [0.29, 0.717) is 45.2 Å². The molecule has 1 heterocycles. The zero-order valence-corrected chi connectivity index (χ0v) is 11.5. The highest BCUT2D eigenvalue weighted by Gasteiger charge is 2.32. The minimum Gasteiger partial charge on any atom is -0.340 e. The Hall–Kier alpha value is -0.820. The third-order valence-corrected chi connectivity index (χ3v) is 3.02. The van der Waals surface area contributed by atoms with Gasteiger partial charge in [-0.15, -0.1) is 0 Å². The number of amides is 1. The zero-order chi connectivity index (χ0) is 14.5. The van der Waals surface area contributed by atoms with Crippen molar-refractivity contribution in [1.82, 2.24) is 15.1 Å². The molecule has 0 atom stereocenters. The average Bonchev–Trinajstić information content (AvgIpc) is 2.27. The van der Waals surface area contributed by atoms with E-state index in [-0.39, 0.29) is 5.91 Å². The van der Waals surface area contributed by atoms with Gasteiger partial charge in [-0.2, -0.15) is 13.2 Å². The summed E-state index contributed by atoms with van der Waals surface area (Å²) in [6, 6.07) is 0.330. The van der Waals surface area contributed by atoms with Crippen molar-refractivity contribution in [3.05, 3.63) is 0 Å². The summed E-state index contributed by atoms with van der Waals surface area (Å²) in [5.74, 6) is 0.0137. The molecule has 112 valence electrons. The Kier molecular flexibility index (Phi) is 6.06. The Balaban J connectivity index is 2.23. The lowest BCUT2D eigenvalue weighted by atomic mass is 10.2.